The lowest BCUT2D eigenvalue weighted by atomic mass is 9.92. The van der Waals surface area contributed by atoms with Gasteiger partial charge >= 0.3 is 13.5 Å². The molecule has 1 aromatic heterocycles. The van der Waals surface area contributed by atoms with Gasteiger partial charge in [-0.2, -0.15) is 0 Å². The standard InChI is InChI=1S/C40H49FN5O8PS/c1-23(39(50)51)43-55(52,53)35(41)25-8-13-33-26(16-25)17-34(56-33)36(47)42-31-11-9-28(44(2)30-21-54-22-30)18-29-10-12-32(46(29)37(31)48)38(49)45-20-27(19-40(45)14-15-40)24-6-4-3-5-7-24/h3-8,13,16-17,23,27-32,35H,9-12,14-15,18-22H2,1-2H3,(H,42,47)(H,50,51)(H2,43,52,53)/t23-,27+,28-,29+,31-,32-,35+/m0/s1. The summed E-state index contributed by atoms with van der Waals surface area (Å²) in [6, 6.07) is 13.4. The number of likely N-dealkylation sites (N-methyl/N-ethyl adjacent to an activating group) is 1. The molecule has 4 saturated heterocycles. The molecule has 5 fully saturated rings. The number of carboxylic acid groups (broad SMARTS) is 1. The van der Waals surface area contributed by atoms with E-state index in [0.717, 1.165) is 43.9 Å². The second kappa shape index (κ2) is 15.2. The fourth-order valence-corrected chi connectivity index (χ4v) is 11.6. The summed E-state index contributed by atoms with van der Waals surface area (Å²) in [6.07, 6.45) is 5.91. The van der Waals surface area contributed by atoms with Crippen molar-refractivity contribution < 1.29 is 42.9 Å². The van der Waals surface area contributed by atoms with Crippen LogP contribution in [0.15, 0.2) is 54.6 Å². The molecule has 5 aliphatic rings. The number of halogens is 1. The van der Waals surface area contributed by atoms with E-state index in [1.807, 2.05) is 28.2 Å². The Morgan fingerprint density at radius 1 is 1.05 bits per heavy atom. The fourth-order valence-electron chi connectivity index (χ4n) is 9.31. The minimum Gasteiger partial charge on any atom is -0.480 e. The lowest BCUT2D eigenvalue weighted by molar-refractivity contribution is -0.149. The Labute approximate surface area is 329 Å². The first-order chi connectivity index (χ1) is 26.7. The molecule has 4 aliphatic heterocycles. The number of rotatable bonds is 11. The first kappa shape index (κ1) is 39.1. The number of hydrogen-bond donors (Lipinski definition) is 4. The van der Waals surface area contributed by atoms with Crippen molar-refractivity contribution in [3.05, 3.63) is 70.6 Å². The van der Waals surface area contributed by atoms with E-state index in [0.29, 0.717) is 55.5 Å². The molecule has 16 heteroatoms. The number of carbonyl (C=O) groups excluding carboxylic acids is 3. The third-order valence-corrected chi connectivity index (χ3v) is 15.6. The number of ether oxygens (including phenoxy) is 1. The molecule has 56 heavy (non-hydrogen) atoms. The van der Waals surface area contributed by atoms with Crippen molar-refractivity contribution in [2.75, 3.05) is 26.8 Å². The van der Waals surface area contributed by atoms with E-state index in [9.17, 15) is 28.6 Å². The number of alkyl halides is 1. The molecule has 13 nitrogen and oxygen atoms in total. The van der Waals surface area contributed by atoms with Crippen molar-refractivity contribution in [3.63, 3.8) is 0 Å². The van der Waals surface area contributed by atoms with Crippen molar-refractivity contribution in [1.29, 1.82) is 0 Å². The van der Waals surface area contributed by atoms with Crippen LogP contribution < -0.4 is 10.4 Å². The summed E-state index contributed by atoms with van der Waals surface area (Å²) in [6.45, 7) is 3.06. The van der Waals surface area contributed by atoms with Gasteiger partial charge in [0.15, 0.2) is 0 Å². The second-order valence-electron chi connectivity index (χ2n) is 16.4. The number of carboxylic acids is 1. The molecule has 1 unspecified atom stereocenters. The molecule has 2 aromatic carbocycles. The highest BCUT2D eigenvalue weighted by molar-refractivity contribution is 7.56. The molecule has 5 heterocycles. The Balaban J connectivity index is 1.03. The summed E-state index contributed by atoms with van der Waals surface area (Å²) >= 11 is 1.15. The van der Waals surface area contributed by atoms with Crippen LogP contribution in [0.25, 0.3) is 10.1 Å². The average Bonchev–Trinajstić information content (AvgIpc) is 3.44. The second-order valence-corrected chi connectivity index (χ2v) is 19.4. The molecule has 8 rings (SSSR count). The highest BCUT2D eigenvalue weighted by atomic mass is 32.1. The number of fused-ring (bicyclic) bond motifs is 2. The summed E-state index contributed by atoms with van der Waals surface area (Å²) in [5.41, 5.74) is 0.927. The molecule has 300 valence electrons. The molecule has 0 radical (unpaired) electrons. The van der Waals surface area contributed by atoms with Crippen LogP contribution in [0, 0.1) is 0 Å². The summed E-state index contributed by atoms with van der Waals surface area (Å²) in [4.78, 5) is 71.3. The first-order valence-electron chi connectivity index (χ1n) is 19.5. The number of hydrogen-bond acceptors (Lipinski definition) is 8. The largest absolute Gasteiger partial charge is 0.480 e. The zero-order valence-electron chi connectivity index (χ0n) is 31.5. The van der Waals surface area contributed by atoms with E-state index in [2.05, 4.69) is 34.3 Å². The van der Waals surface area contributed by atoms with Gasteiger partial charge in [0, 0.05) is 34.8 Å². The van der Waals surface area contributed by atoms with Crippen LogP contribution >= 0.6 is 18.9 Å². The van der Waals surface area contributed by atoms with Crippen LogP contribution in [-0.4, -0.2) is 117 Å². The minimum absolute atomic E-state index is 0.00579. The number of likely N-dealkylation sites (tertiary alicyclic amines) is 1. The van der Waals surface area contributed by atoms with Crippen molar-refractivity contribution >= 4 is 52.6 Å². The number of carbonyl (C=O) groups is 4. The van der Waals surface area contributed by atoms with Crippen molar-refractivity contribution in [1.82, 2.24) is 25.1 Å². The predicted molar refractivity (Wildman–Crippen MR) is 208 cm³/mol. The minimum atomic E-state index is -4.76. The molecule has 1 spiro atoms. The number of nitrogens with zero attached hydrogens (tertiary/aromatic N) is 3. The molecule has 3 amide bonds. The normalized spacial score (nSPS) is 28.3. The van der Waals surface area contributed by atoms with Crippen LogP contribution in [0.3, 0.4) is 0 Å². The molecular weight excluding hydrogens is 761 g/mol. The average molecular weight is 810 g/mol. The van der Waals surface area contributed by atoms with Crippen molar-refractivity contribution in [3.8, 4) is 0 Å². The molecule has 1 saturated carbocycles. The summed E-state index contributed by atoms with van der Waals surface area (Å²) in [5, 5.41) is 14.6. The fraction of sp³-hybridized carbons (Fsp3) is 0.550. The first-order valence-corrected chi connectivity index (χ1v) is 22.1. The molecular formula is C40H49FN5O8PS. The van der Waals surface area contributed by atoms with Gasteiger partial charge in [0.05, 0.1) is 24.1 Å². The topological polar surface area (TPSA) is 169 Å². The third kappa shape index (κ3) is 7.42. The van der Waals surface area contributed by atoms with Gasteiger partial charge in [-0.25, -0.2) is 9.48 Å². The van der Waals surface area contributed by atoms with E-state index in [1.54, 1.807) is 12.1 Å². The maximum Gasteiger partial charge on any atom is 0.320 e. The van der Waals surface area contributed by atoms with Crippen molar-refractivity contribution in [2.45, 2.75) is 112 Å². The molecule has 8 atom stereocenters. The van der Waals surface area contributed by atoms with E-state index >= 15 is 4.39 Å². The Morgan fingerprint density at radius 3 is 2.48 bits per heavy atom. The quantitative estimate of drug-likeness (QED) is 0.194. The predicted octanol–water partition coefficient (Wildman–Crippen LogP) is 5.01. The zero-order valence-corrected chi connectivity index (χ0v) is 33.2. The molecule has 0 bridgehead atoms. The van der Waals surface area contributed by atoms with Crippen LogP contribution in [0.4, 0.5) is 4.39 Å². The third-order valence-electron chi connectivity index (χ3n) is 12.8. The number of nitrogens with one attached hydrogen (secondary N) is 2. The molecule has 3 aromatic rings. The Kier molecular flexibility index (Phi) is 10.6. The van der Waals surface area contributed by atoms with Gasteiger partial charge in [-0.15, -0.1) is 11.3 Å². The van der Waals surface area contributed by atoms with Gasteiger partial charge in [-0.3, -0.25) is 28.6 Å². The van der Waals surface area contributed by atoms with E-state index in [-0.39, 0.29) is 51.8 Å². The van der Waals surface area contributed by atoms with Crippen LogP contribution in [0.1, 0.15) is 90.9 Å². The van der Waals surface area contributed by atoms with Crippen LogP contribution in [-0.2, 0) is 23.7 Å². The van der Waals surface area contributed by atoms with Gasteiger partial charge in [0.25, 0.3) is 5.91 Å². The molecule has 4 N–H and O–H groups in total. The number of benzene rings is 2. The van der Waals surface area contributed by atoms with E-state index in [1.165, 1.54) is 17.7 Å². The molecule has 1 aliphatic carbocycles. The van der Waals surface area contributed by atoms with Gasteiger partial charge in [-0.1, -0.05) is 36.4 Å². The Hall–Kier alpha value is -3.72. The van der Waals surface area contributed by atoms with Crippen molar-refractivity contribution in [2.24, 2.45) is 0 Å². The van der Waals surface area contributed by atoms with Gasteiger partial charge in [-0.05, 0) is 100 Å². The smallest absolute Gasteiger partial charge is 0.320 e. The Bertz CT molecular complexity index is 2060. The summed E-state index contributed by atoms with van der Waals surface area (Å²) in [7, 11) is -2.67. The monoisotopic (exact) mass is 809 g/mol. The van der Waals surface area contributed by atoms with E-state index in [4.69, 9.17) is 9.84 Å². The Morgan fingerprint density at radius 2 is 1.80 bits per heavy atom. The van der Waals surface area contributed by atoms with Gasteiger partial charge < -0.3 is 29.9 Å². The SMILES string of the molecule is C[C@H](NP(=O)(O)[C@@H](F)c1ccc2sc(C(=O)N[C@H]3CC[C@H](N(C)C4COC4)C[C@H]4CC[C@@H](C(=O)N5C[C@H](c6ccccc6)CC56CC6)N4C3=O)cc2c1)C(=O)O. The lowest BCUT2D eigenvalue weighted by Gasteiger charge is -2.44. The van der Waals surface area contributed by atoms with Crippen LogP contribution in [0.2, 0.25) is 0 Å². The summed E-state index contributed by atoms with van der Waals surface area (Å²) < 4.78 is 34.2. The van der Waals surface area contributed by atoms with Crippen LogP contribution in [0.5, 0.6) is 0 Å². The number of aliphatic carboxylic acids is 1. The lowest BCUT2D eigenvalue weighted by Crippen LogP contribution is -2.60. The number of thiophene rings is 1. The van der Waals surface area contributed by atoms with Gasteiger partial charge in [0.1, 0.15) is 18.1 Å². The highest BCUT2D eigenvalue weighted by Gasteiger charge is 2.58. The maximum atomic E-state index is 15.3. The van der Waals surface area contributed by atoms with Gasteiger partial charge in [0.2, 0.25) is 17.7 Å². The number of amides is 3. The summed E-state index contributed by atoms with van der Waals surface area (Å²) in [5.74, 6) is -4.28. The van der Waals surface area contributed by atoms with E-state index < -0.39 is 43.4 Å². The zero-order chi connectivity index (χ0) is 39.5. The maximum absolute atomic E-state index is 15.3. The highest BCUT2D eigenvalue weighted by Crippen LogP contribution is 2.55.